The molecule has 5 heterocycles. The van der Waals surface area contributed by atoms with E-state index in [-0.39, 0.29) is 30.2 Å². The number of aliphatic hydroxyl groups is 1. The highest BCUT2D eigenvalue weighted by Gasteiger charge is 2.33. The van der Waals surface area contributed by atoms with Gasteiger partial charge in [0.05, 0.1) is 43.4 Å². The lowest BCUT2D eigenvalue weighted by Gasteiger charge is -2.39. The first-order valence-electron chi connectivity index (χ1n) is 13.7. The number of carbonyl (C=O) groups excluding carboxylic acids is 1. The highest BCUT2D eigenvalue weighted by Crippen LogP contribution is 2.31. The van der Waals surface area contributed by atoms with Crippen LogP contribution < -0.4 is 14.2 Å². The molecule has 11 nitrogen and oxygen atoms in total. The summed E-state index contributed by atoms with van der Waals surface area (Å²) >= 11 is 0. The van der Waals surface area contributed by atoms with Crippen molar-refractivity contribution in [1.82, 2.24) is 24.8 Å². The number of amides is 1. The smallest absolute Gasteiger partial charge is 0.410 e. The van der Waals surface area contributed by atoms with Gasteiger partial charge in [0.2, 0.25) is 5.88 Å². The van der Waals surface area contributed by atoms with E-state index in [1.54, 1.807) is 29.3 Å². The molecule has 1 saturated heterocycles. The summed E-state index contributed by atoms with van der Waals surface area (Å²) in [4.78, 5) is 30.0. The molecule has 12 heteroatoms. The second-order valence-corrected chi connectivity index (χ2v) is 11.2. The van der Waals surface area contributed by atoms with E-state index < -0.39 is 23.6 Å². The van der Waals surface area contributed by atoms with Crippen molar-refractivity contribution < 1.29 is 33.2 Å². The van der Waals surface area contributed by atoms with Crippen LogP contribution in [0.2, 0.25) is 0 Å². The third kappa shape index (κ3) is 6.76. The molecule has 5 rings (SSSR count). The lowest BCUT2D eigenvalue weighted by Crippen LogP contribution is -2.49. The fourth-order valence-electron chi connectivity index (χ4n) is 5.14. The molecule has 1 N–H and O–H groups in total. The molecular weight excluding hydrogens is 533 g/mol. The van der Waals surface area contributed by atoms with Gasteiger partial charge in [-0.05, 0) is 39.7 Å². The van der Waals surface area contributed by atoms with Crippen LogP contribution in [0.5, 0.6) is 17.4 Å². The van der Waals surface area contributed by atoms with Gasteiger partial charge >= 0.3 is 6.09 Å². The van der Waals surface area contributed by atoms with Gasteiger partial charge in [0.25, 0.3) is 0 Å². The number of likely N-dealkylation sites (tertiary alicyclic amines) is 1. The number of nitrogens with zero attached hydrogens (tertiary/aromatic N) is 5. The third-order valence-electron chi connectivity index (χ3n) is 7.10. The molecule has 0 aliphatic carbocycles. The number of β-amino-alcohol motifs (C(OH)–C–C–N with tert-alkyl or cyclic N) is 1. The summed E-state index contributed by atoms with van der Waals surface area (Å²) in [6.45, 7) is 8.08. The summed E-state index contributed by atoms with van der Waals surface area (Å²) < 4.78 is 37.1. The van der Waals surface area contributed by atoms with Gasteiger partial charge in [-0.3, -0.25) is 14.9 Å². The van der Waals surface area contributed by atoms with Crippen molar-refractivity contribution in [2.24, 2.45) is 0 Å². The van der Waals surface area contributed by atoms with Crippen LogP contribution in [0.3, 0.4) is 0 Å². The molecule has 2 aliphatic rings. The van der Waals surface area contributed by atoms with Crippen LogP contribution in [-0.2, 0) is 11.3 Å². The zero-order chi connectivity index (χ0) is 29.1. The number of methoxy groups -OCH3 is 1. The van der Waals surface area contributed by atoms with Crippen LogP contribution >= 0.6 is 0 Å². The molecule has 1 unspecified atom stereocenters. The fraction of sp³-hybridized carbons (Fsp3) is 0.517. The Kier molecular flexibility index (Phi) is 8.41. The van der Waals surface area contributed by atoms with Crippen molar-refractivity contribution in [2.45, 2.75) is 57.9 Å². The van der Waals surface area contributed by atoms with Gasteiger partial charge in [-0.1, -0.05) is 0 Å². The van der Waals surface area contributed by atoms with E-state index in [9.17, 15) is 14.3 Å². The number of aromatic nitrogens is 3. The van der Waals surface area contributed by atoms with Gasteiger partial charge in [0.1, 0.15) is 30.1 Å². The minimum atomic E-state index is -1.12. The average molecular weight is 570 g/mol. The number of carbonyl (C=O) groups is 1. The number of ether oxygens (including phenoxy) is 4. The number of rotatable bonds is 7. The van der Waals surface area contributed by atoms with Crippen LogP contribution in [0.1, 0.15) is 51.0 Å². The quantitative estimate of drug-likeness (QED) is 0.449. The van der Waals surface area contributed by atoms with Crippen LogP contribution in [0.25, 0.3) is 11.0 Å². The maximum absolute atomic E-state index is 14.9. The maximum Gasteiger partial charge on any atom is 0.410 e. The van der Waals surface area contributed by atoms with Crippen LogP contribution in [0, 0.1) is 5.82 Å². The Labute approximate surface area is 238 Å². The van der Waals surface area contributed by atoms with E-state index in [1.807, 2.05) is 20.8 Å². The Morgan fingerprint density at radius 1 is 1.17 bits per heavy atom. The number of halogens is 1. The first-order chi connectivity index (χ1) is 19.6. The third-order valence-corrected chi connectivity index (χ3v) is 7.10. The minimum absolute atomic E-state index is 0.0936. The Bertz CT molecular complexity index is 1390. The second-order valence-electron chi connectivity index (χ2n) is 11.2. The van der Waals surface area contributed by atoms with Crippen molar-refractivity contribution in [1.29, 1.82) is 0 Å². The minimum Gasteiger partial charge on any atom is -0.486 e. The monoisotopic (exact) mass is 569 g/mol. The number of hydrogen-bond donors (Lipinski definition) is 1. The molecular formula is C29H36FN5O6. The highest BCUT2D eigenvalue weighted by atomic mass is 19.1. The predicted octanol–water partition coefficient (Wildman–Crippen LogP) is 3.88. The Balaban J connectivity index is 1.28. The zero-order valence-corrected chi connectivity index (χ0v) is 23.8. The van der Waals surface area contributed by atoms with E-state index in [0.717, 1.165) is 6.20 Å². The predicted molar refractivity (Wildman–Crippen MR) is 147 cm³/mol. The normalized spacial score (nSPS) is 16.8. The van der Waals surface area contributed by atoms with Crippen molar-refractivity contribution >= 4 is 17.1 Å². The molecule has 3 aromatic rings. The van der Waals surface area contributed by atoms with Gasteiger partial charge in [-0.2, -0.15) is 0 Å². The molecule has 0 bridgehead atoms. The molecule has 1 fully saturated rings. The molecule has 1 amide bonds. The van der Waals surface area contributed by atoms with Crippen molar-refractivity contribution in [2.75, 3.05) is 40.0 Å². The molecule has 0 spiro atoms. The van der Waals surface area contributed by atoms with Gasteiger partial charge < -0.3 is 29.0 Å². The molecule has 1 atom stereocenters. The van der Waals surface area contributed by atoms with E-state index >= 15 is 0 Å². The maximum atomic E-state index is 14.9. The van der Waals surface area contributed by atoms with Gasteiger partial charge in [-0.25, -0.2) is 14.2 Å². The van der Waals surface area contributed by atoms with E-state index in [4.69, 9.17) is 18.9 Å². The fourth-order valence-corrected chi connectivity index (χ4v) is 5.14. The molecule has 220 valence electrons. The zero-order valence-electron chi connectivity index (χ0n) is 23.8. The molecule has 0 aromatic carbocycles. The molecule has 2 aliphatic heterocycles. The summed E-state index contributed by atoms with van der Waals surface area (Å²) in [5, 5.41) is 11.1. The summed E-state index contributed by atoms with van der Waals surface area (Å²) in [6, 6.07) is 5.01. The van der Waals surface area contributed by atoms with Crippen molar-refractivity contribution in [3.05, 3.63) is 47.7 Å². The highest BCUT2D eigenvalue weighted by molar-refractivity contribution is 5.78. The summed E-state index contributed by atoms with van der Waals surface area (Å²) in [5.74, 6) is 0.887. The molecule has 41 heavy (non-hydrogen) atoms. The van der Waals surface area contributed by atoms with Gasteiger partial charge in [0, 0.05) is 43.4 Å². The van der Waals surface area contributed by atoms with Crippen molar-refractivity contribution in [3.63, 3.8) is 0 Å². The van der Waals surface area contributed by atoms with E-state index in [1.165, 1.54) is 7.11 Å². The topological polar surface area (TPSA) is 119 Å². The second kappa shape index (κ2) is 12.0. The van der Waals surface area contributed by atoms with Crippen LogP contribution in [0.15, 0.2) is 30.6 Å². The largest absolute Gasteiger partial charge is 0.486 e. The first kappa shape index (κ1) is 28.7. The number of hydrogen-bond acceptors (Lipinski definition) is 10. The SMILES string of the molecule is COc1ccc2ncc(F)c(C(O)CN3CCC(N(Cc4cc5c(cn4)OCCO5)C(=O)OC(C)(C)C)CC3)c2n1. The lowest BCUT2D eigenvalue weighted by molar-refractivity contribution is 0.00257. The number of fused-ring (bicyclic) bond motifs is 2. The van der Waals surface area contributed by atoms with Crippen LogP contribution in [0.4, 0.5) is 9.18 Å². The van der Waals surface area contributed by atoms with Gasteiger partial charge in [-0.15, -0.1) is 0 Å². The van der Waals surface area contributed by atoms with E-state index in [0.29, 0.717) is 67.7 Å². The average Bonchev–Trinajstić information content (AvgIpc) is 2.95. The molecule has 0 saturated carbocycles. The molecule has 0 radical (unpaired) electrons. The Hall–Kier alpha value is -3.77. The van der Waals surface area contributed by atoms with Crippen molar-refractivity contribution in [3.8, 4) is 17.4 Å². The number of piperidine rings is 1. The van der Waals surface area contributed by atoms with E-state index in [2.05, 4.69) is 19.9 Å². The molecule has 3 aromatic heterocycles. The first-order valence-corrected chi connectivity index (χ1v) is 13.7. The standard InChI is InChI=1S/C29H36FN5O6/c1-29(2,3)41-28(37)35(16-18-13-23-24(15-31-18)40-12-11-39-23)19-7-9-34(10-8-19)17-22(36)26-20(30)14-32-21-5-6-25(38-4)33-27(21)26/h5-6,13-15,19,22,36H,7-12,16-17H2,1-4H3. The summed E-state index contributed by atoms with van der Waals surface area (Å²) in [5.41, 5.74) is 0.849. The Morgan fingerprint density at radius 2 is 1.90 bits per heavy atom. The van der Waals surface area contributed by atoms with Crippen LogP contribution in [-0.4, -0.2) is 87.6 Å². The summed E-state index contributed by atoms with van der Waals surface area (Å²) in [6.07, 6.45) is 2.46. The van der Waals surface area contributed by atoms with Gasteiger partial charge in [0.15, 0.2) is 11.5 Å². The lowest BCUT2D eigenvalue weighted by atomic mass is 10.0. The summed E-state index contributed by atoms with van der Waals surface area (Å²) in [7, 11) is 1.48. The number of pyridine rings is 3. The number of aliphatic hydroxyl groups excluding tert-OH is 1. The Morgan fingerprint density at radius 3 is 2.61 bits per heavy atom.